The summed E-state index contributed by atoms with van der Waals surface area (Å²) in [6, 6.07) is 27.4. The second kappa shape index (κ2) is 14.7. The topological polar surface area (TPSA) is 84.5 Å². The molecule has 1 amide bonds. The number of halogens is 5. The Morgan fingerprint density at radius 1 is 0.837 bits per heavy atom. The summed E-state index contributed by atoms with van der Waals surface area (Å²) in [5.41, 5.74) is 2.11. The fraction of sp³-hybridized carbons (Fsp3) is 0.111. The van der Waals surface area contributed by atoms with E-state index in [1.807, 2.05) is 0 Å². The molecule has 0 fully saturated rings. The summed E-state index contributed by atoms with van der Waals surface area (Å²) in [6.45, 7) is 3.82. The van der Waals surface area contributed by atoms with E-state index in [1.165, 1.54) is 43.5 Å². The van der Waals surface area contributed by atoms with Gasteiger partial charge in [-0.05, 0) is 17.7 Å². The average molecular weight is 707 g/mol. The van der Waals surface area contributed by atoms with Crippen LogP contribution in [0.5, 0.6) is 0 Å². The van der Waals surface area contributed by atoms with Gasteiger partial charge in [-0.25, -0.2) is 4.39 Å². The van der Waals surface area contributed by atoms with Gasteiger partial charge in [0, 0.05) is 0 Å². The van der Waals surface area contributed by atoms with Gasteiger partial charge in [0.15, 0.2) is 0 Å². The Labute approximate surface area is 286 Å². The van der Waals surface area contributed by atoms with Crippen molar-refractivity contribution in [3.05, 3.63) is 143 Å². The van der Waals surface area contributed by atoms with E-state index in [0.717, 1.165) is 17.7 Å². The van der Waals surface area contributed by atoms with Crippen molar-refractivity contribution in [1.82, 2.24) is 5.32 Å². The Kier molecular flexibility index (Phi) is 10.6. The quantitative estimate of drug-likeness (QED) is 0.0881. The van der Waals surface area contributed by atoms with Crippen LogP contribution in [-0.4, -0.2) is 36.0 Å². The molecule has 49 heavy (non-hydrogen) atoms. The second-order valence-electron chi connectivity index (χ2n) is 11.0. The first-order valence-electron chi connectivity index (χ1n) is 14.7. The van der Waals surface area contributed by atoms with Crippen molar-refractivity contribution in [3.8, 4) is 22.3 Å². The number of alkyl halides is 3. The van der Waals surface area contributed by atoms with Crippen LogP contribution < -0.4 is 10.0 Å². The van der Waals surface area contributed by atoms with E-state index in [0.29, 0.717) is 27.1 Å². The summed E-state index contributed by atoms with van der Waals surface area (Å²) >= 11 is 5.93. The van der Waals surface area contributed by atoms with Gasteiger partial charge in [0.25, 0.3) is 0 Å². The molecule has 2 atom stereocenters. The molecule has 0 aromatic heterocycles. The number of nitrogens with one attached hydrogen (secondary N) is 2. The third-order valence-corrected chi connectivity index (χ3v) is 9.52. The number of rotatable bonds is 10. The van der Waals surface area contributed by atoms with Crippen molar-refractivity contribution in [2.24, 2.45) is 0 Å². The third kappa shape index (κ3) is 8.57. The van der Waals surface area contributed by atoms with Crippen molar-refractivity contribution in [2.75, 3.05) is 11.8 Å². The second-order valence-corrected chi connectivity index (χ2v) is 13.4. The van der Waals surface area contributed by atoms with Gasteiger partial charge < -0.3 is 0 Å². The molecule has 13 heteroatoms. The molecule has 0 bridgehead atoms. The molecule has 2 N–H and O–H groups in total. The Hall–Kier alpha value is -4.94. The summed E-state index contributed by atoms with van der Waals surface area (Å²) in [7, 11) is -2.00. The molecule has 0 radical (unpaired) electrons. The number of carbonyl (C=O) groups excluding carboxylic acids is 2. The van der Waals surface area contributed by atoms with E-state index in [-0.39, 0.29) is 22.7 Å². The number of hydrogen-bond donors (Lipinski definition) is 2. The maximum atomic E-state index is 13.9. The van der Waals surface area contributed by atoms with Gasteiger partial charge in [-0.1, -0.05) is 17.7 Å². The molecule has 0 aliphatic carbocycles. The van der Waals surface area contributed by atoms with Crippen LogP contribution in [0.2, 0.25) is 5.02 Å². The SMILES string of the molecule is B=S(=O)(Nc1ccc(-c2ccc(C(F)(F)F)cc2)cc1C(=O)NC(Cc1ccc(-c2ccc(F)c(Cl)c2)cc1)C(=O)OC)c1ccccc1. The molecule has 0 saturated carbocycles. The van der Waals surface area contributed by atoms with Gasteiger partial charge >= 0.3 is 237 Å². The normalized spacial score (nSPS) is 13.2. The Morgan fingerprint density at radius 2 is 1.41 bits per heavy atom. The number of carbonyl (C=O) groups is 2. The van der Waals surface area contributed by atoms with Gasteiger partial charge in [-0.15, -0.1) is 0 Å². The molecular weight excluding hydrogens is 679 g/mol. The zero-order valence-electron chi connectivity index (χ0n) is 25.9. The summed E-state index contributed by atoms with van der Waals surface area (Å²) < 4.78 is 74.7. The number of anilines is 1. The van der Waals surface area contributed by atoms with Crippen LogP contribution in [-0.2, 0) is 31.7 Å². The summed E-state index contributed by atoms with van der Waals surface area (Å²) in [6.07, 6.45) is -4.50. The van der Waals surface area contributed by atoms with E-state index in [4.69, 9.17) is 16.3 Å². The van der Waals surface area contributed by atoms with E-state index < -0.39 is 45.0 Å². The standard InChI is InChI=1S/C36H28BClF4N2O4S/c1-48-35(46)33(19-22-7-9-23(10-8-22)26-13-17-31(39)30(38)21-26)43-34(45)29-20-25(24-11-15-27(16-12-24)36(40,41)42)14-18-32(29)44-49(37,47)28-5-3-2-4-6-28/h2-18,20-21,33,37H,19H2,1H3,(H,43,45)(H,44,47). The average Bonchev–Trinajstić information content (AvgIpc) is 3.09. The fourth-order valence-corrected chi connectivity index (χ4v) is 6.47. The number of benzene rings is 5. The maximum absolute atomic E-state index is 13.9. The molecule has 0 aliphatic heterocycles. The van der Waals surface area contributed by atoms with Crippen LogP contribution in [0, 0.1) is 5.82 Å². The summed E-state index contributed by atoms with van der Waals surface area (Å²) in [5.74, 6) is -2.02. The van der Waals surface area contributed by atoms with Crippen LogP contribution in [0.3, 0.4) is 0 Å². The first-order valence-corrected chi connectivity index (χ1v) is 16.8. The summed E-state index contributed by atoms with van der Waals surface area (Å²) in [5, 5.41) is 2.67. The van der Waals surface area contributed by atoms with Gasteiger partial charge in [0.2, 0.25) is 0 Å². The van der Waals surface area contributed by atoms with Gasteiger partial charge in [0.05, 0.1) is 5.02 Å². The molecule has 0 heterocycles. The van der Waals surface area contributed by atoms with Crippen molar-refractivity contribution in [3.63, 3.8) is 0 Å². The first-order chi connectivity index (χ1) is 23.2. The molecule has 0 saturated heterocycles. The Bertz CT molecular complexity index is 2100. The molecule has 250 valence electrons. The monoisotopic (exact) mass is 706 g/mol. The van der Waals surface area contributed by atoms with Crippen LogP contribution in [0.25, 0.3) is 22.3 Å². The molecular formula is C36H28BClF4N2O4S. The van der Waals surface area contributed by atoms with E-state index in [1.54, 1.807) is 66.7 Å². The molecule has 5 rings (SSSR count). The van der Waals surface area contributed by atoms with Crippen LogP contribution in [0.1, 0.15) is 21.5 Å². The number of hydrogen-bond acceptors (Lipinski definition) is 4. The van der Waals surface area contributed by atoms with Gasteiger partial charge in [0.1, 0.15) is 5.82 Å². The first kappa shape index (κ1) is 35.4. The van der Waals surface area contributed by atoms with Gasteiger partial charge in [-0.3, -0.25) is 0 Å². The molecule has 5 aromatic carbocycles. The van der Waals surface area contributed by atoms with Crippen molar-refractivity contribution >= 4 is 45.4 Å². The number of ether oxygens (including phenoxy) is 1. The van der Waals surface area contributed by atoms with Crippen molar-refractivity contribution < 1.29 is 36.1 Å². The molecule has 6 nitrogen and oxygen atoms in total. The van der Waals surface area contributed by atoms with Crippen LogP contribution >= 0.6 is 11.6 Å². The van der Waals surface area contributed by atoms with Crippen LogP contribution in [0.4, 0.5) is 23.2 Å². The minimum absolute atomic E-state index is 0.0234. The minimum atomic E-state index is -4.53. The van der Waals surface area contributed by atoms with E-state index in [2.05, 4.69) is 16.8 Å². The zero-order chi connectivity index (χ0) is 35.3. The number of esters is 1. The molecule has 0 spiro atoms. The predicted molar refractivity (Wildman–Crippen MR) is 184 cm³/mol. The van der Waals surface area contributed by atoms with Crippen molar-refractivity contribution in [1.29, 1.82) is 0 Å². The third-order valence-electron chi connectivity index (χ3n) is 7.65. The summed E-state index contributed by atoms with van der Waals surface area (Å²) in [4.78, 5) is 27.2. The molecule has 2 unspecified atom stereocenters. The van der Waals surface area contributed by atoms with Crippen molar-refractivity contribution in [2.45, 2.75) is 23.5 Å². The Balaban J connectivity index is 1.46. The fourth-order valence-electron chi connectivity index (χ4n) is 5.05. The molecule has 5 aromatic rings. The zero-order valence-corrected chi connectivity index (χ0v) is 27.5. The number of methoxy groups -OCH3 is 1. The number of amides is 1. The van der Waals surface area contributed by atoms with E-state index in [9.17, 15) is 31.4 Å². The Morgan fingerprint density at radius 3 is 2.00 bits per heavy atom. The van der Waals surface area contributed by atoms with E-state index >= 15 is 0 Å². The predicted octanol–water partition coefficient (Wildman–Crippen LogP) is 7.83. The van der Waals surface area contributed by atoms with Crippen LogP contribution in [0.15, 0.2) is 120 Å². The molecule has 0 aliphatic rings. The van der Waals surface area contributed by atoms with Gasteiger partial charge in [-0.2, -0.15) is 0 Å².